The molecule has 5 heteroatoms. The lowest BCUT2D eigenvalue weighted by atomic mass is 10.1. The third-order valence-electron chi connectivity index (χ3n) is 3.42. The Bertz CT molecular complexity index is 567. The molecule has 2 heterocycles. The van der Waals surface area contributed by atoms with Crippen LogP contribution in [0.5, 0.6) is 0 Å². The molecule has 0 aliphatic carbocycles. The summed E-state index contributed by atoms with van der Waals surface area (Å²) in [6.45, 7) is 4.21. The number of nitrogen functional groups attached to an aromatic ring is 1. The van der Waals surface area contributed by atoms with Gasteiger partial charge in [0.05, 0.1) is 6.61 Å². The molecule has 3 rings (SSSR count). The Labute approximate surface area is 118 Å². The molecule has 0 spiro atoms. The molecule has 0 bridgehead atoms. The average molecular weight is 270 g/mol. The highest BCUT2D eigenvalue weighted by Gasteiger charge is 2.23. The van der Waals surface area contributed by atoms with Crippen molar-refractivity contribution in [3.8, 4) is 0 Å². The topological polar surface area (TPSA) is 64.3 Å². The van der Waals surface area contributed by atoms with Crippen LogP contribution in [0.1, 0.15) is 17.4 Å². The van der Waals surface area contributed by atoms with E-state index < -0.39 is 0 Å². The highest BCUT2D eigenvalue weighted by Crippen LogP contribution is 2.25. The fourth-order valence-electron chi connectivity index (χ4n) is 2.46. The Morgan fingerprint density at radius 2 is 2.05 bits per heavy atom. The van der Waals surface area contributed by atoms with E-state index in [0.29, 0.717) is 12.6 Å². The zero-order chi connectivity index (χ0) is 13.9. The Morgan fingerprint density at radius 3 is 2.80 bits per heavy atom. The van der Waals surface area contributed by atoms with Crippen LogP contribution in [0.4, 0.5) is 11.8 Å². The van der Waals surface area contributed by atoms with E-state index in [0.717, 1.165) is 24.6 Å². The lowest BCUT2D eigenvalue weighted by Crippen LogP contribution is -2.39. The third kappa shape index (κ3) is 2.72. The summed E-state index contributed by atoms with van der Waals surface area (Å²) < 4.78 is 5.86. The van der Waals surface area contributed by atoms with Crippen molar-refractivity contribution in [3.63, 3.8) is 0 Å². The molecule has 1 atom stereocenters. The van der Waals surface area contributed by atoms with Crippen LogP contribution in [0, 0.1) is 6.92 Å². The molecule has 0 radical (unpaired) electrons. The van der Waals surface area contributed by atoms with E-state index in [9.17, 15) is 0 Å². The smallest absolute Gasteiger partial charge is 0.222 e. The molecule has 104 valence electrons. The van der Waals surface area contributed by atoms with Gasteiger partial charge in [-0.15, -0.1) is 0 Å². The first-order valence-corrected chi connectivity index (χ1v) is 6.75. The van der Waals surface area contributed by atoms with Crippen LogP contribution in [0.25, 0.3) is 0 Å². The van der Waals surface area contributed by atoms with Gasteiger partial charge in [-0.05, 0) is 12.5 Å². The van der Waals surface area contributed by atoms with Gasteiger partial charge in [-0.2, -0.15) is 4.98 Å². The summed E-state index contributed by atoms with van der Waals surface area (Å²) in [6.07, 6.45) is 0.0708. The molecule has 1 aliphatic rings. The van der Waals surface area contributed by atoms with Crippen LogP contribution < -0.4 is 10.6 Å². The predicted molar refractivity (Wildman–Crippen MR) is 78.5 cm³/mol. The number of rotatable bonds is 2. The second kappa shape index (κ2) is 5.46. The summed E-state index contributed by atoms with van der Waals surface area (Å²) >= 11 is 0. The number of anilines is 2. The third-order valence-corrected chi connectivity index (χ3v) is 3.42. The first-order valence-electron chi connectivity index (χ1n) is 6.75. The van der Waals surface area contributed by atoms with Gasteiger partial charge in [0.2, 0.25) is 5.95 Å². The highest BCUT2D eigenvalue weighted by molar-refractivity contribution is 5.44. The fraction of sp³-hybridized carbons (Fsp3) is 0.333. The van der Waals surface area contributed by atoms with Crippen LogP contribution in [0.2, 0.25) is 0 Å². The molecule has 5 nitrogen and oxygen atoms in total. The minimum Gasteiger partial charge on any atom is -0.370 e. The van der Waals surface area contributed by atoms with Crippen molar-refractivity contribution in [3.05, 3.63) is 47.7 Å². The van der Waals surface area contributed by atoms with Gasteiger partial charge in [0, 0.05) is 24.8 Å². The maximum Gasteiger partial charge on any atom is 0.222 e. The maximum absolute atomic E-state index is 5.86. The fourth-order valence-corrected chi connectivity index (χ4v) is 2.46. The maximum atomic E-state index is 5.86. The van der Waals surface area contributed by atoms with E-state index in [-0.39, 0.29) is 6.10 Å². The number of hydrogen-bond donors (Lipinski definition) is 1. The zero-order valence-corrected chi connectivity index (χ0v) is 11.5. The summed E-state index contributed by atoms with van der Waals surface area (Å²) in [5.74, 6) is 1.20. The molecule has 20 heavy (non-hydrogen) atoms. The van der Waals surface area contributed by atoms with Crippen molar-refractivity contribution in [2.24, 2.45) is 0 Å². The molecule has 1 aromatic carbocycles. The van der Waals surface area contributed by atoms with Crippen molar-refractivity contribution in [1.29, 1.82) is 0 Å². The number of hydrogen-bond acceptors (Lipinski definition) is 5. The monoisotopic (exact) mass is 270 g/mol. The number of aryl methyl sites for hydroxylation is 1. The van der Waals surface area contributed by atoms with Gasteiger partial charge in [0.15, 0.2) is 0 Å². The number of benzene rings is 1. The SMILES string of the molecule is Cc1cc(N2CCO[C@@H](c3ccccc3)C2)nc(N)n1. The quantitative estimate of drug-likeness (QED) is 0.903. The number of ether oxygens (including phenoxy) is 1. The molecule has 1 aromatic heterocycles. The van der Waals surface area contributed by atoms with E-state index in [1.807, 2.05) is 31.2 Å². The minimum absolute atomic E-state index is 0.0708. The second-order valence-electron chi connectivity index (χ2n) is 4.94. The summed E-state index contributed by atoms with van der Waals surface area (Å²) in [5.41, 5.74) is 7.81. The largest absolute Gasteiger partial charge is 0.370 e. The van der Waals surface area contributed by atoms with Crippen molar-refractivity contribution >= 4 is 11.8 Å². The molecule has 2 aromatic rings. The number of nitrogens with zero attached hydrogens (tertiary/aromatic N) is 3. The Morgan fingerprint density at radius 1 is 1.25 bits per heavy atom. The Balaban J connectivity index is 1.81. The molecule has 2 N–H and O–H groups in total. The molecule has 1 aliphatic heterocycles. The second-order valence-corrected chi connectivity index (χ2v) is 4.94. The van der Waals surface area contributed by atoms with E-state index in [1.165, 1.54) is 5.56 Å². The van der Waals surface area contributed by atoms with E-state index in [4.69, 9.17) is 10.5 Å². The molecule has 0 amide bonds. The van der Waals surface area contributed by atoms with Gasteiger partial charge < -0.3 is 15.4 Å². The van der Waals surface area contributed by atoms with Gasteiger partial charge in [-0.3, -0.25) is 0 Å². The highest BCUT2D eigenvalue weighted by atomic mass is 16.5. The Hall–Kier alpha value is -2.14. The van der Waals surface area contributed by atoms with Crippen molar-refractivity contribution in [1.82, 2.24) is 9.97 Å². The molecule has 1 saturated heterocycles. The molecular formula is C15H18N4O. The van der Waals surface area contributed by atoms with Gasteiger partial charge in [0.25, 0.3) is 0 Å². The predicted octanol–water partition coefficient (Wildman–Crippen LogP) is 1.95. The van der Waals surface area contributed by atoms with Crippen LogP contribution in [-0.2, 0) is 4.74 Å². The van der Waals surface area contributed by atoms with Crippen molar-refractivity contribution in [2.75, 3.05) is 30.3 Å². The molecule has 0 saturated carbocycles. The summed E-state index contributed by atoms with van der Waals surface area (Å²) in [5, 5.41) is 0. The lowest BCUT2D eigenvalue weighted by molar-refractivity contribution is 0.0395. The van der Waals surface area contributed by atoms with Crippen LogP contribution in [0.3, 0.4) is 0 Å². The van der Waals surface area contributed by atoms with Crippen LogP contribution in [0.15, 0.2) is 36.4 Å². The first-order chi connectivity index (χ1) is 9.72. The zero-order valence-electron chi connectivity index (χ0n) is 11.5. The van der Waals surface area contributed by atoms with E-state index in [1.54, 1.807) is 0 Å². The summed E-state index contributed by atoms with van der Waals surface area (Å²) in [7, 11) is 0. The lowest BCUT2D eigenvalue weighted by Gasteiger charge is -2.34. The van der Waals surface area contributed by atoms with Crippen molar-refractivity contribution < 1.29 is 4.74 Å². The standard InChI is InChI=1S/C15H18N4O/c1-11-9-14(18-15(16)17-11)19-7-8-20-13(10-19)12-5-3-2-4-6-12/h2-6,9,13H,7-8,10H2,1H3,(H2,16,17,18)/t13-/m1/s1. The van der Waals surface area contributed by atoms with Gasteiger partial charge in [0.1, 0.15) is 11.9 Å². The average Bonchev–Trinajstić information content (AvgIpc) is 2.47. The molecule has 1 fully saturated rings. The van der Waals surface area contributed by atoms with Crippen LogP contribution in [-0.4, -0.2) is 29.7 Å². The summed E-state index contributed by atoms with van der Waals surface area (Å²) in [4.78, 5) is 10.6. The number of morpholine rings is 1. The summed E-state index contributed by atoms with van der Waals surface area (Å²) in [6, 6.07) is 12.2. The van der Waals surface area contributed by atoms with Crippen LogP contribution >= 0.6 is 0 Å². The van der Waals surface area contributed by atoms with Gasteiger partial charge in [-0.25, -0.2) is 4.98 Å². The molecular weight excluding hydrogens is 252 g/mol. The van der Waals surface area contributed by atoms with Crippen molar-refractivity contribution in [2.45, 2.75) is 13.0 Å². The van der Waals surface area contributed by atoms with Gasteiger partial charge in [-0.1, -0.05) is 30.3 Å². The minimum atomic E-state index is 0.0708. The first kappa shape index (κ1) is 12.9. The Kier molecular flexibility index (Phi) is 3.52. The molecule has 0 unspecified atom stereocenters. The van der Waals surface area contributed by atoms with Gasteiger partial charge >= 0.3 is 0 Å². The van der Waals surface area contributed by atoms with E-state index >= 15 is 0 Å². The normalized spacial score (nSPS) is 19.1. The number of aromatic nitrogens is 2. The van der Waals surface area contributed by atoms with E-state index in [2.05, 4.69) is 27.0 Å². The number of nitrogens with two attached hydrogens (primary N) is 1.